The predicted octanol–water partition coefficient (Wildman–Crippen LogP) is 2.70. The molecule has 0 aliphatic carbocycles. The summed E-state index contributed by atoms with van der Waals surface area (Å²) in [6.07, 6.45) is 8.63. The van der Waals surface area contributed by atoms with Crippen molar-refractivity contribution in [3.05, 3.63) is 18.0 Å². The van der Waals surface area contributed by atoms with Crippen LogP contribution >= 0.6 is 11.8 Å². The third-order valence-electron chi connectivity index (χ3n) is 2.65. The molecule has 1 unspecified atom stereocenters. The topological polar surface area (TPSA) is 29.9 Å². The van der Waals surface area contributed by atoms with Gasteiger partial charge in [-0.05, 0) is 31.4 Å². The molecule has 0 bridgehead atoms. The number of thioether (sulfide) groups is 1. The summed E-state index contributed by atoms with van der Waals surface area (Å²) in [7, 11) is 0. The van der Waals surface area contributed by atoms with Gasteiger partial charge in [-0.1, -0.05) is 13.8 Å². The van der Waals surface area contributed by atoms with Crippen molar-refractivity contribution < 1.29 is 0 Å². The minimum atomic E-state index is 0.458. The Bertz CT molecular complexity index is 286. The largest absolute Gasteiger partial charge is 0.310 e. The molecule has 3 nitrogen and oxygen atoms in total. The van der Waals surface area contributed by atoms with Crippen molar-refractivity contribution in [2.75, 3.05) is 18.6 Å². The molecule has 16 heavy (non-hydrogen) atoms. The van der Waals surface area contributed by atoms with Gasteiger partial charge in [-0.25, -0.2) is 0 Å². The van der Waals surface area contributed by atoms with Gasteiger partial charge in [0.25, 0.3) is 0 Å². The van der Waals surface area contributed by atoms with Crippen LogP contribution in [-0.4, -0.2) is 28.3 Å². The van der Waals surface area contributed by atoms with Gasteiger partial charge in [0.2, 0.25) is 0 Å². The first-order valence-electron chi connectivity index (χ1n) is 6.06. The zero-order valence-corrected chi connectivity index (χ0v) is 11.4. The van der Waals surface area contributed by atoms with Crippen molar-refractivity contribution in [2.24, 2.45) is 0 Å². The molecule has 1 aromatic rings. The van der Waals surface area contributed by atoms with Gasteiger partial charge < -0.3 is 5.32 Å². The molecular weight excluding hydrogens is 218 g/mol. The first kappa shape index (κ1) is 13.6. The fourth-order valence-corrected chi connectivity index (χ4v) is 2.21. The van der Waals surface area contributed by atoms with E-state index in [0.717, 1.165) is 19.5 Å². The van der Waals surface area contributed by atoms with Crippen molar-refractivity contribution in [2.45, 2.75) is 39.3 Å². The van der Waals surface area contributed by atoms with Gasteiger partial charge in [-0.2, -0.15) is 16.9 Å². The number of hydrogen-bond acceptors (Lipinski definition) is 3. The van der Waals surface area contributed by atoms with Gasteiger partial charge in [-0.3, -0.25) is 4.68 Å². The summed E-state index contributed by atoms with van der Waals surface area (Å²) in [6.45, 7) is 6.39. The molecule has 0 spiro atoms. The Balaban J connectivity index is 2.48. The Labute approximate surface area is 103 Å². The lowest BCUT2D eigenvalue weighted by molar-refractivity contribution is 0.535. The molecule has 0 aliphatic heterocycles. The number of hydrogen-bond donors (Lipinski definition) is 1. The van der Waals surface area contributed by atoms with Crippen LogP contribution in [0.5, 0.6) is 0 Å². The van der Waals surface area contributed by atoms with E-state index in [1.807, 2.05) is 18.0 Å². The maximum atomic E-state index is 4.41. The summed E-state index contributed by atoms with van der Waals surface area (Å²) in [5.41, 5.74) is 1.31. The molecular formula is C12H23N3S. The van der Waals surface area contributed by atoms with E-state index in [4.69, 9.17) is 0 Å². The number of nitrogens with zero attached hydrogens (tertiary/aromatic N) is 2. The molecule has 0 radical (unpaired) electrons. The van der Waals surface area contributed by atoms with Gasteiger partial charge in [0, 0.05) is 24.3 Å². The molecule has 0 aromatic carbocycles. The molecule has 4 heteroatoms. The summed E-state index contributed by atoms with van der Waals surface area (Å²) < 4.78 is 2.06. The maximum Gasteiger partial charge on any atom is 0.0537 e. The van der Waals surface area contributed by atoms with Crippen LogP contribution in [0.25, 0.3) is 0 Å². The van der Waals surface area contributed by atoms with Gasteiger partial charge in [-0.15, -0.1) is 0 Å². The van der Waals surface area contributed by atoms with E-state index in [-0.39, 0.29) is 0 Å². The zero-order chi connectivity index (χ0) is 11.8. The molecule has 0 fully saturated rings. The number of nitrogens with one attached hydrogen (secondary N) is 1. The molecule has 0 aliphatic rings. The molecule has 92 valence electrons. The van der Waals surface area contributed by atoms with Crippen LogP contribution in [-0.2, 0) is 6.54 Å². The van der Waals surface area contributed by atoms with Crippen molar-refractivity contribution in [3.8, 4) is 0 Å². The summed E-state index contributed by atoms with van der Waals surface area (Å²) in [5.74, 6) is 1.21. The molecule has 0 saturated heterocycles. The first-order chi connectivity index (χ1) is 7.81. The van der Waals surface area contributed by atoms with Crippen LogP contribution in [0.2, 0.25) is 0 Å². The second-order valence-corrected chi connectivity index (χ2v) is 4.89. The molecule has 0 saturated carbocycles. The highest BCUT2D eigenvalue weighted by molar-refractivity contribution is 7.98. The Kier molecular flexibility index (Phi) is 6.57. The average molecular weight is 241 g/mol. The van der Waals surface area contributed by atoms with E-state index in [1.54, 1.807) is 0 Å². The minimum Gasteiger partial charge on any atom is -0.310 e. The minimum absolute atomic E-state index is 0.458. The zero-order valence-electron chi connectivity index (χ0n) is 10.6. The second kappa shape index (κ2) is 7.74. The highest BCUT2D eigenvalue weighted by Gasteiger charge is 2.09. The molecule has 1 N–H and O–H groups in total. The van der Waals surface area contributed by atoms with E-state index in [0.29, 0.717) is 6.04 Å². The highest BCUT2D eigenvalue weighted by Crippen LogP contribution is 2.15. The molecule has 1 atom stereocenters. The molecule has 1 aromatic heterocycles. The first-order valence-corrected chi connectivity index (χ1v) is 7.45. The van der Waals surface area contributed by atoms with Crippen molar-refractivity contribution in [3.63, 3.8) is 0 Å². The third-order valence-corrected chi connectivity index (χ3v) is 3.35. The predicted molar refractivity (Wildman–Crippen MR) is 71.9 cm³/mol. The quantitative estimate of drug-likeness (QED) is 0.710. The summed E-state index contributed by atoms with van der Waals surface area (Å²) >= 11 is 1.89. The van der Waals surface area contributed by atoms with E-state index >= 15 is 0 Å². The normalized spacial score (nSPS) is 12.9. The number of aryl methyl sites for hydroxylation is 1. The third kappa shape index (κ3) is 4.18. The van der Waals surface area contributed by atoms with Crippen LogP contribution < -0.4 is 5.32 Å². The Morgan fingerprint density at radius 1 is 1.50 bits per heavy atom. The second-order valence-electron chi connectivity index (χ2n) is 3.90. The Hall–Kier alpha value is -0.480. The lowest BCUT2D eigenvalue weighted by Gasteiger charge is -2.13. The lowest BCUT2D eigenvalue weighted by Crippen LogP contribution is -2.19. The van der Waals surface area contributed by atoms with Crippen LogP contribution in [0.1, 0.15) is 38.3 Å². The lowest BCUT2D eigenvalue weighted by atomic mass is 10.1. The smallest absolute Gasteiger partial charge is 0.0537 e. The van der Waals surface area contributed by atoms with Crippen LogP contribution in [0.4, 0.5) is 0 Å². The van der Waals surface area contributed by atoms with Crippen molar-refractivity contribution in [1.82, 2.24) is 15.1 Å². The monoisotopic (exact) mass is 241 g/mol. The van der Waals surface area contributed by atoms with E-state index < -0.39 is 0 Å². The Morgan fingerprint density at radius 3 is 2.94 bits per heavy atom. The van der Waals surface area contributed by atoms with Gasteiger partial charge >= 0.3 is 0 Å². The van der Waals surface area contributed by atoms with Crippen molar-refractivity contribution in [1.29, 1.82) is 0 Å². The standard InChI is InChI=1S/C12H23N3S/c1-4-12(13-5-2)11-9-14-15(10-11)7-6-8-16-3/h9-10,12-13H,4-8H2,1-3H3. The summed E-state index contributed by atoms with van der Waals surface area (Å²) in [6, 6.07) is 0.458. The highest BCUT2D eigenvalue weighted by atomic mass is 32.2. The van der Waals surface area contributed by atoms with Gasteiger partial charge in [0.05, 0.1) is 6.20 Å². The Morgan fingerprint density at radius 2 is 2.31 bits per heavy atom. The van der Waals surface area contributed by atoms with E-state index in [9.17, 15) is 0 Å². The average Bonchev–Trinajstić information content (AvgIpc) is 2.75. The van der Waals surface area contributed by atoms with Gasteiger partial charge in [0.1, 0.15) is 0 Å². The molecule has 1 heterocycles. The number of aromatic nitrogens is 2. The molecule has 1 rings (SSSR count). The molecule has 0 amide bonds. The van der Waals surface area contributed by atoms with E-state index in [2.05, 4.69) is 41.4 Å². The summed E-state index contributed by atoms with van der Waals surface area (Å²) in [5, 5.41) is 7.88. The van der Waals surface area contributed by atoms with Gasteiger partial charge in [0.15, 0.2) is 0 Å². The SMILES string of the molecule is CCNC(CC)c1cnn(CCCSC)c1. The fourth-order valence-electron chi connectivity index (χ4n) is 1.80. The van der Waals surface area contributed by atoms with E-state index in [1.165, 1.54) is 17.7 Å². The summed E-state index contributed by atoms with van der Waals surface area (Å²) in [4.78, 5) is 0. The fraction of sp³-hybridized carbons (Fsp3) is 0.750. The van der Waals surface area contributed by atoms with Crippen LogP contribution in [0.3, 0.4) is 0 Å². The van der Waals surface area contributed by atoms with Crippen LogP contribution in [0.15, 0.2) is 12.4 Å². The maximum absolute atomic E-state index is 4.41. The number of rotatable bonds is 8. The van der Waals surface area contributed by atoms with Crippen LogP contribution in [0, 0.1) is 0 Å². The van der Waals surface area contributed by atoms with Crippen molar-refractivity contribution >= 4 is 11.8 Å².